The molecule has 2 rings (SSSR count). The van der Waals surface area contributed by atoms with E-state index in [9.17, 15) is 0 Å². The first-order chi connectivity index (χ1) is 6.36. The second-order valence-corrected chi connectivity index (χ2v) is 2.62. The number of aromatic nitrogens is 2. The van der Waals surface area contributed by atoms with Gasteiger partial charge < -0.3 is 5.11 Å². The molecule has 0 bridgehead atoms. The van der Waals surface area contributed by atoms with Gasteiger partial charge in [0.25, 0.3) is 0 Å². The number of hydrogen-bond donors (Lipinski definition) is 1. The van der Waals surface area contributed by atoms with Gasteiger partial charge in [-0.15, -0.1) is 0 Å². The van der Waals surface area contributed by atoms with Gasteiger partial charge in [0.1, 0.15) is 5.75 Å². The van der Waals surface area contributed by atoms with Gasteiger partial charge in [0.15, 0.2) is 6.33 Å². The molecule has 0 atom stereocenters. The minimum absolute atomic E-state index is 0.257. The van der Waals surface area contributed by atoms with E-state index in [-0.39, 0.29) is 5.75 Å². The van der Waals surface area contributed by atoms with Crippen LogP contribution in [0.25, 0.3) is 11.1 Å². The van der Waals surface area contributed by atoms with Gasteiger partial charge in [0.05, 0.1) is 0 Å². The van der Waals surface area contributed by atoms with Crippen LogP contribution in [-0.4, -0.2) is 15.1 Å². The molecule has 63 valence electrons. The molecule has 3 nitrogen and oxygen atoms in total. The lowest BCUT2D eigenvalue weighted by molar-refractivity contribution is 0.475. The Morgan fingerprint density at radius 1 is 0.923 bits per heavy atom. The lowest BCUT2D eigenvalue weighted by Crippen LogP contribution is -1.81. The minimum Gasteiger partial charge on any atom is -0.508 e. The zero-order chi connectivity index (χ0) is 9.10. The first-order valence-electron chi connectivity index (χ1n) is 3.84. The summed E-state index contributed by atoms with van der Waals surface area (Å²) in [5.41, 5.74) is 1.89. The molecule has 1 radical (unpaired) electrons. The molecule has 3 heteroatoms. The van der Waals surface area contributed by atoms with Gasteiger partial charge in [-0.3, -0.25) is 0 Å². The molecule has 13 heavy (non-hydrogen) atoms. The van der Waals surface area contributed by atoms with E-state index in [1.54, 1.807) is 24.5 Å². The molecule has 0 aliphatic heterocycles. The van der Waals surface area contributed by atoms with Crippen LogP contribution in [0.4, 0.5) is 0 Å². The van der Waals surface area contributed by atoms with Gasteiger partial charge in [0.2, 0.25) is 0 Å². The summed E-state index contributed by atoms with van der Waals surface area (Å²) in [4.78, 5) is 7.57. The molecule has 0 amide bonds. The lowest BCUT2D eigenvalue weighted by atomic mass is 10.1. The van der Waals surface area contributed by atoms with Crippen LogP contribution in [0.3, 0.4) is 0 Å². The second kappa shape index (κ2) is 3.23. The van der Waals surface area contributed by atoms with E-state index in [2.05, 4.69) is 16.3 Å². The van der Waals surface area contributed by atoms with Crippen molar-refractivity contribution in [3.63, 3.8) is 0 Å². The molecule has 2 aromatic rings. The van der Waals surface area contributed by atoms with E-state index in [1.165, 1.54) is 0 Å². The Kier molecular flexibility index (Phi) is 1.92. The van der Waals surface area contributed by atoms with Crippen LogP contribution >= 0.6 is 0 Å². The molecule has 0 saturated carbocycles. The summed E-state index contributed by atoms with van der Waals surface area (Å²) < 4.78 is 0. The molecule has 0 aliphatic carbocycles. The summed E-state index contributed by atoms with van der Waals surface area (Å²) in [5, 5.41) is 9.07. The Morgan fingerprint density at radius 3 is 2.15 bits per heavy atom. The number of benzene rings is 1. The largest absolute Gasteiger partial charge is 0.508 e. The summed E-state index contributed by atoms with van der Waals surface area (Å²) in [6.07, 6.45) is 5.82. The highest BCUT2D eigenvalue weighted by Crippen LogP contribution is 2.19. The Hall–Kier alpha value is -1.90. The highest BCUT2D eigenvalue weighted by atomic mass is 16.3. The molecule has 1 heterocycles. The van der Waals surface area contributed by atoms with E-state index in [0.29, 0.717) is 0 Å². The number of aromatic hydroxyl groups is 1. The topological polar surface area (TPSA) is 46.0 Å². The van der Waals surface area contributed by atoms with Crippen LogP contribution < -0.4 is 0 Å². The zero-order valence-electron chi connectivity index (χ0n) is 6.81. The average Bonchev–Trinajstić information content (AvgIpc) is 2.20. The highest BCUT2D eigenvalue weighted by molar-refractivity contribution is 5.61. The maximum atomic E-state index is 9.07. The minimum atomic E-state index is 0.257. The smallest absolute Gasteiger partial charge is 0.197 e. The maximum absolute atomic E-state index is 9.07. The van der Waals surface area contributed by atoms with Gasteiger partial charge in [-0.25, -0.2) is 9.97 Å². The van der Waals surface area contributed by atoms with Crippen molar-refractivity contribution in [2.45, 2.75) is 0 Å². The van der Waals surface area contributed by atoms with Gasteiger partial charge in [-0.1, -0.05) is 12.1 Å². The standard InChI is InChI=1S/C10H7N2O/c13-10-3-1-8(2-4-10)9-5-11-7-12-6-9/h1-6,13H. The van der Waals surface area contributed by atoms with E-state index in [0.717, 1.165) is 11.1 Å². The van der Waals surface area contributed by atoms with Crippen molar-refractivity contribution >= 4 is 0 Å². The van der Waals surface area contributed by atoms with Gasteiger partial charge in [-0.2, -0.15) is 0 Å². The Labute approximate surface area is 75.7 Å². The Balaban J connectivity index is 2.42. The first kappa shape index (κ1) is 7.73. The number of phenols is 1. The van der Waals surface area contributed by atoms with Crippen molar-refractivity contribution in [2.24, 2.45) is 0 Å². The fourth-order valence-electron chi connectivity index (χ4n) is 1.07. The Morgan fingerprint density at radius 2 is 1.54 bits per heavy atom. The fourth-order valence-corrected chi connectivity index (χ4v) is 1.07. The van der Waals surface area contributed by atoms with Gasteiger partial charge in [-0.05, 0) is 17.7 Å². The fraction of sp³-hybridized carbons (Fsp3) is 0. The van der Waals surface area contributed by atoms with Crippen molar-refractivity contribution in [3.8, 4) is 16.9 Å². The predicted molar refractivity (Wildman–Crippen MR) is 48.0 cm³/mol. The summed E-state index contributed by atoms with van der Waals surface area (Å²) in [7, 11) is 0. The van der Waals surface area contributed by atoms with E-state index < -0.39 is 0 Å². The third-order valence-electron chi connectivity index (χ3n) is 1.72. The summed E-state index contributed by atoms with van der Waals surface area (Å²) in [5.74, 6) is 0.257. The van der Waals surface area contributed by atoms with Gasteiger partial charge >= 0.3 is 0 Å². The Bertz CT molecular complexity index is 383. The second-order valence-electron chi connectivity index (χ2n) is 2.62. The van der Waals surface area contributed by atoms with Crippen LogP contribution in [0.2, 0.25) is 0 Å². The third-order valence-corrected chi connectivity index (χ3v) is 1.72. The number of nitrogens with zero attached hydrogens (tertiary/aromatic N) is 2. The monoisotopic (exact) mass is 171 g/mol. The van der Waals surface area contributed by atoms with Crippen LogP contribution in [0.15, 0.2) is 36.7 Å². The van der Waals surface area contributed by atoms with Crippen molar-refractivity contribution in [3.05, 3.63) is 43.0 Å². The maximum Gasteiger partial charge on any atom is 0.197 e. The third kappa shape index (κ3) is 1.64. The molecule has 0 fully saturated rings. The normalized spacial score (nSPS) is 9.85. The molecule has 1 aromatic carbocycles. The SMILES string of the molecule is Oc1ccc(-c2cn[c]nc2)cc1. The van der Waals surface area contributed by atoms with Crippen molar-refractivity contribution < 1.29 is 5.11 Å². The summed E-state index contributed by atoms with van der Waals surface area (Å²) >= 11 is 0. The molecule has 0 spiro atoms. The number of hydrogen-bond acceptors (Lipinski definition) is 3. The lowest BCUT2D eigenvalue weighted by Gasteiger charge is -1.98. The quantitative estimate of drug-likeness (QED) is 0.709. The summed E-state index contributed by atoms with van der Waals surface area (Å²) in [6, 6.07) is 6.89. The van der Waals surface area contributed by atoms with Crippen molar-refractivity contribution in [1.82, 2.24) is 9.97 Å². The highest BCUT2D eigenvalue weighted by Gasteiger charge is 1.96. The van der Waals surface area contributed by atoms with Crippen LogP contribution in [0, 0.1) is 6.33 Å². The number of phenolic OH excluding ortho intramolecular Hbond substituents is 1. The molecule has 1 aromatic heterocycles. The van der Waals surface area contributed by atoms with Crippen molar-refractivity contribution in [2.75, 3.05) is 0 Å². The first-order valence-corrected chi connectivity index (χ1v) is 3.84. The zero-order valence-corrected chi connectivity index (χ0v) is 6.81. The molecule has 1 N–H and O–H groups in total. The molecule has 0 unspecified atom stereocenters. The van der Waals surface area contributed by atoms with E-state index >= 15 is 0 Å². The molecular formula is C10H7N2O. The molecule has 0 saturated heterocycles. The summed E-state index contributed by atoms with van der Waals surface area (Å²) in [6.45, 7) is 0. The number of rotatable bonds is 1. The van der Waals surface area contributed by atoms with Crippen LogP contribution in [-0.2, 0) is 0 Å². The van der Waals surface area contributed by atoms with Gasteiger partial charge in [0, 0.05) is 18.0 Å². The van der Waals surface area contributed by atoms with Crippen LogP contribution in [0.5, 0.6) is 5.75 Å². The van der Waals surface area contributed by atoms with E-state index in [4.69, 9.17) is 5.11 Å². The predicted octanol–water partition coefficient (Wildman–Crippen LogP) is 1.65. The van der Waals surface area contributed by atoms with E-state index in [1.807, 2.05) is 12.1 Å². The molecule has 0 aliphatic rings. The average molecular weight is 171 g/mol. The van der Waals surface area contributed by atoms with Crippen molar-refractivity contribution in [1.29, 1.82) is 0 Å². The van der Waals surface area contributed by atoms with Crippen LogP contribution in [0.1, 0.15) is 0 Å². The molecular weight excluding hydrogens is 164 g/mol.